The van der Waals surface area contributed by atoms with E-state index >= 15 is 0 Å². The van der Waals surface area contributed by atoms with Crippen LogP contribution in [0.3, 0.4) is 0 Å². The van der Waals surface area contributed by atoms with Gasteiger partial charge in [0, 0.05) is 47.1 Å². The van der Waals surface area contributed by atoms with Crippen molar-refractivity contribution in [3.8, 4) is 16.9 Å². The molecule has 1 amide bonds. The molecule has 10 nitrogen and oxygen atoms in total. The number of ether oxygens (including phenoxy) is 1. The predicted octanol–water partition coefficient (Wildman–Crippen LogP) is 7.94. The summed E-state index contributed by atoms with van der Waals surface area (Å²) in [5.41, 5.74) is 3.08. The van der Waals surface area contributed by atoms with E-state index in [4.69, 9.17) is 24.1 Å². The van der Waals surface area contributed by atoms with Gasteiger partial charge in [0.05, 0.1) is 23.1 Å². The Morgan fingerprint density at radius 1 is 1.10 bits per heavy atom. The van der Waals surface area contributed by atoms with Gasteiger partial charge in [-0.2, -0.15) is 8.78 Å². The van der Waals surface area contributed by atoms with Crippen LogP contribution >= 0.6 is 0 Å². The molecule has 52 heavy (non-hydrogen) atoms. The van der Waals surface area contributed by atoms with Crippen molar-refractivity contribution in [2.45, 2.75) is 115 Å². The molecule has 0 spiro atoms. The van der Waals surface area contributed by atoms with Crippen LogP contribution in [-0.2, 0) is 21.3 Å². The van der Waals surface area contributed by atoms with E-state index in [1.54, 1.807) is 24.5 Å². The molecule has 4 heterocycles. The molecule has 3 atom stereocenters. The quantitative estimate of drug-likeness (QED) is 0.131. The summed E-state index contributed by atoms with van der Waals surface area (Å²) in [5.74, 6) is 0.901. The third kappa shape index (κ3) is 6.44. The zero-order chi connectivity index (χ0) is 37.6. The third-order valence-corrected chi connectivity index (χ3v) is 17.4. The minimum Gasteiger partial charge on any atom is -0.598 e. The number of imidazole rings is 1. The van der Waals surface area contributed by atoms with Crippen LogP contribution < -0.4 is 14.8 Å². The number of hydrogen-bond acceptors (Lipinski definition) is 8. The number of alkyl halides is 2. The monoisotopic (exact) mass is 750 g/mol. The summed E-state index contributed by atoms with van der Waals surface area (Å²) in [6, 6.07) is 9.71. The molecule has 2 aliphatic heterocycles. The van der Waals surface area contributed by atoms with Crippen molar-refractivity contribution in [1.82, 2.24) is 29.6 Å². The molecule has 7 rings (SSSR count). The largest absolute Gasteiger partial charge is 0.598 e. The van der Waals surface area contributed by atoms with Gasteiger partial charge in [-0.05, 0) is 93.4 Å². The lowest BCUT2D eigenvalue weighted by Crippen LogP contribution is -2.63. The fourth-order valence-corrected chi connectivity index (χ4v) is 9.64. The van der Waals surface area contributed by atoms with Crippen LogP contribution in [0.5, 0.6) is 5.75 Å². The van der Waals surface area contributed by atoms with Crippen molar-refractivity contribution in [2.75, 3.05) is 6.61 Å². The van der Waals surface area contributed by atoms with Crippen LogP contribution in [0, 0.1) is 5.41 Å². The maximum Gasteiger partial charge on any atom is 0.387 e. The molecule has 2 N–H and O–H groups in total. The van der Waals surface area contributed by atoms with Gasteiger partial charge in [0.25, 0.3) is 5.91 Å². The maximum absolute atomic E-state index is 13.5. The summed E-state index contributed by atoms with van der Waals surface area (Å²) in [4.78, 5) is 27.8. The molecule has 278 valence electrons. The minimum absolute atomic E-state index is 0.0169. The zero-order valence-electron chi connectivity index (χ0n) is 31.3. The number of benzene rings is 2. The van der Waals surface area contributed by atoms with E-state index < -0.39 is 42.6 Å². The molecule has 2 aromatic heterocycles. The first-order chi connectivity index (χ1) is 24.2. The van der Waals surface area contributed by atoms with Gasteiger partial charge in [0.1, 0.15) is 21.9 Å². The van der Waals surface area contributed by atoms with E-state index in [-0.39, 0.29) is 28.2 Å². The van der Waals surface area contributed by atoms with Crippen molar-refractivity contribution in [2.24, 2.45) is 5.41 Å². The van der Waals surface area contributed by atoms with Gasteiger partial charge in [0.2, 0.25) is 0 Å². The number of fused-ring (bicyclic) bond motifs is 9. The fraction of sp³-hybridized carbons (Fsp3) is 0.526. The first kappa shape index (κ1) is 36.9. The number of amides is 1. The minimum atomic E-state index is -3.03. The first-order valence-electron chi connectivity index (χ1n) is 17.8. The second-order valence-electron chi connectivity index (χ2n) is 17.5. The van der Waals surface area contributed by atoms with Gasteiger partial charge in [-0.15, -0.1) is 4.72 Å². The smallest absolute Gasteiger partial charge is 0.387 e. The Morgan fingerprint density at radius 3 is 2.42 bits per heavy atom. The van der Waals surface area contributed by atoms with Crippen molar-refractivity contribution in [1.29, 1.82) is 0 Å². The molecule has 0 radical (unpaired) electrons. The number of aromatic nitrogens is 4. The first-order valence-corrected chi connectivity index (χ1v) is 21.8. The van der Waals surface area contributed by atoms with E-state index in [1.165, 1.54) is 6.07 Å². The maximum atomic E-state index is 13.5. The van der Waals surface area contributed by atoms with Crippen molar-refractivity contribution in [3.63, 3.8) is 0 Å². The average Bonchev–Trinajstić information content (AvgIpc) is 3.53. The molecule has 0 saturated heterocycles. The number of nitrogens with one attached hydrogen (secondary N) is 2. The molecular formula is C38H48F2N6O4SSi. The number of rotatable bonds is 9. The number of hydrogen-bond donors (Lipinski definition) is 2. The second kappa shape index (κ2) is 12.6. The Morgan fingerprint density at radius 2 is 1.79 bits per heavy atom. The normalized spacial score (nSPS) is 25.0. The lowest BCUT2D eigenvalue weighted by molar-refractivity contribution is -0.0507. The summed E-state index contributed by atoms with van der Waals surface area (Å²) in [6.45, 7) is 16.9. The van der Waals surface area contributed by atoms with Gasteiger partial charge < -0.3 is 23.6 Å². The highest BCUT2D eigenvalue weighted by Gasteiger charge is 2.59. The Hall–Kier alpha value is -3.43. The van der Waals surface area contributed by atoms with Crippen LogP contribution in [0.2, 0.25) is 18.1 Å². The van der Waals surface area contributed by atoms with E-state index in [0.717, 1.165) is 22.2 Å². The second-order valence-corrected chi connectivity index (χ2v) is 24.3. The van der Waals surface area contributed by atoms with Crippen LogP contribution in [0.1, 0.15) is 107 Å². The fourth-order valence-electron chi connectivity index (χ4n) is 7.60. The summed E-state index contributed by atoms with van der Waals surface area (Å²) in [7, 11) is -1.96. The highest BCUT2D eigenvalue weighted by molar-refractivity contribution is 7.90. The van der Waals surface area contributed by atoms with Crippen LogP contribution in [0.15, 0.2) is 48.8 Å². The van der Waals surface area contributed by atoms with Crippen molar-refractivity contribution >= 4 is 36.6 Å². The summed E-state index contributed by atoms with van der Waals surface area (Å²) < 4.78 is 57.0. The van der Waals surface area contributed by atoms with Crippen LogP contribution in [0.4, 0.5) is 8.78 Å². The Balaban J connectivity index is 1.20. The summed E-state index contributed by atoms with van der Waals surface area (Å²) in [6.07, 6.45) is 5.42. The molecule has 1 fully saturated rings. The highest BCUT2D eigenvalue weighted by atomic mass is 32.2. The molecule has 1 saturated carbocycles. The topological polar surface area (TPSA) is 126 Å². The number of halogens is 2. The molecular weight excluding hydrogens is 703 g/mol. The summed E-state index contributed by atoms with van der Waals surface area (Å²) >= 11 is -1.35. The molecule has 2 aromatic carbocycles. The van der Waals surface area contributed by atoms with Crippen LogP contribution in [0.25, 0.3) is 22.2 Å². The third-order valence-electron chi connectivity index (χ3n) is 11.3. The highest BCUT2D eigenvalue weighted by Crippen LogP contribution is 2.55. The van der Waals surface area contributed by atoms with E-state index in [1.807, 2.05) is 43.5 Å². The van der Waals surface area contributed by atoms with Gasteiger partial charge in [0.15, 0.2) is 14.1 Å². The Bertz CT molecular complexity index is 2020. The predicted molar refractivity (Wildman–Crippen MR) is 200 cm³/mol. The SMILES string of the molecule is CC(C)(C)[S+]([O-])N[C@]1(c2ncc(-c3ccc4nc5n(c4c3)[C@@H]3C[C@H]5NC(=O)c4cccc(OC(F)F)c43)cn2)C[C@](C)(CO[Si](C)(C)C(C)(C)C)C1. The van der Waals surface area contributed by atoms with Crippen LogP contribution in [-0.4, -0.2) is 56.3 Å². The van der Waals surface area contributed by atoms with Gasteiger partial charge in [-0.25, -0.2) is 15.0 Å². The van der Waals surface area contributed by atoms with Gasteiger partial charge in [-0.1, -0.05) is 39.8 Å². The number of carbonyl (C=O) groups is 1. The molecule has 1 unspecified atom stereocenters. The molecule has 4 aromatic rings. The number of nitrogens with zero attached hydrogens (tertiary/aromatic N) is 4. The lowest BCUT2D eigenvalue weighted by Gasteiger charge is -2.54. The number of carbonyl (C=O) groups excluding carboxylic acids is 1. The van der Waals surface area contributed by atoms with E-state index in [9.17, 15) is 18.1 Å². The van der Waals surface area contributed by atoms with Crippen molar-refractivity contribution in [3.05, 3.63) is 71.6 Å². The molecule has 14 heteroatoms. The summed E-state index contributed by atoms with van der Waals surface area (Å²) in [5, 5.41) is 3.13. The standard InChI is InChI=1S/C38H48F2N6O4SSi/c1-35(2,3)51(48)45-38(19-37(7,20-38)21-49-52(8,9)36(4,5)6)33-41-17-23(18-42-33)22-13-14-25-27(15-22)46-28-16-26(31(46)43-25)44-32(47)24-11-10-12-29(30(24)28)50-34(39)40/h10-15,17-18,26,28,34,45H,16,19-21H2,1-9H3,(H,44,47)/t26-,28-,37-,38+,51?/m1/s1. The lowest BCUT2D eigenvalue weighted by atomic mass is 9.58. The van der Waals surface area contributed by atoms with Crippen molar-refractivity contribution < 1.29 is 27.3 Å². The van der Waals surface area contributed by atoms with E-state index in [2.05, 4.69) is 50.8 Å². The molecule has 3 aliphatic rings. The Labute approximate surface area is 308 Å². The van der Waals surface area contributed by atoms with Gasteiger partial charge in [-0.3, -0.25) is 4.79 Å². The average molecular weight is 751 g/mol. The molecule has 1 aliphatic carbocycles. The molecule has 2 bridgehead atoms. The van der Waals surface area contributed by atoms with E-state index in [0.29, 0.717) is 48.6 Å². The Kier molecular flexibility index (Phi) is 8.92. The van der Waals surface area contributed by atoms with Gasteiger partial charge >= 0.3 is 6.61 Å². The zero-order valence-corrected chi connectivity index (χ0v) is 33.1.